The number of nitrogens with zero attached hydrogens (tertiary/aromatic N) is 1. The highest BCUT2D eigenvalue weighted by atomic mass is 16.5. The van der Waals surface area contributed by atoms with E-state index in [4.69, 9.17) is 24.5 Å². The van der Waals surface area contributed by atoms with Crippen LogP contribution in [0.5, 0.6) is 17.2 Å². The monoisotopic (exact) mass is 292 g/mol. The van der Waals surface area contributed by atoms with Crippen LogP contribution in [-0.2, 0) is 0 Å². The van der Waals surface area contributed by atoms with Gasteiger partial charge >= 0.3 is 0 Å². The Bertz CT molecular complexity index is 584. The van der Waals surface area contributed by atoms with Crippen LogP contribution in [0.25, 0.3) is 11.3 Å². The molecule has 2 aromatic rings. The molecular formula is C15H20N2O4. The quantitative estimate of drug-likeness (QED) is 0.881. The summed E-state index contributed by atoms with van der Waals surface area (Å²) in [7, 11) is 4.75. The number of aromatic nitrogens is 1. The van der Waals surface area contributed by atoms with Gasteiger partial charge in [0.2, 0.25) is 0 Å². The summed E-state index contributed by atoms with van der Waals surface area (Å²) in [6, 6.07) is 5.17. The normalized spacial score (nSPS) is 12.0. The predicted molar refractivity (Wildman–Crippen MR) is 78.8 cm³/mol. The van der Waals surface area contributed by atoms with E-state index in [1.54, 1.807) is 39.5 Å². The summed E-state index contributed by atoms with van der Waals surface area (Å²) < 4.78 is 21.4. The molecule has 0 amide bonds. The van der Waals surface area contributed by atoms with Gasteiger partial charge in [0.1, 0.15) is 22.9 Å². The van der Waals surface area contributed by atoms with Crippen LogP contribution in [0.2, 0.25) is 0 Å². The van der Waals surface area contributed by atoms with Gasteiger partial charge in [-0.25, -0.2) is 0 Å². The zero-order chi connectivity index (χ0) is 15.4. The van der Waals surface area contributed by atoms with Crippen molar-refractivity contribution < 1.29 is 18.7 Å². The van der Waals surface area contributed by atoms with E-state index in [0.29, 0.717) is 34.3 Å². The summed E-state index contributed by atoms with van der Waals surface area (Å²) in [6.45, 7) is 1.99. The van der Waals surface area contributed by atoms with E-state index in [-0.39, 0.29) is 6.04 Å². The highest BCUT2D eigenvalue weighted by Gasteiger charge is 2.20. The Morgan fingerprint density at radius 3 is 2.19 bits per heavy atom. The van der Waals surface area contributed by atoms with Crippen molar-refractivity contribution in [2.24, 2.45) is 5.73 Å². The first-order valence-electron chi connectivity index (χ1n) is 6.67. The molecule has 6 heteroatoms. The Hall–Kier alpha value is -2.21. The summed E-state index contributed by atoms with van der Waals surface area (Å²) in [5.74, 6) is 2.46. The van der Waals surface area contributed by atoms with Crippen LogP contribution in [-0.4, -0.2) is 26.5 Å². The maximum Gasteiger partial charge on any atom is 0.154 e. The lowest BCUT2D eigenvalue weighted by Crippen LogP contribution is -2.06. The van der Waals surface area contributed by atoms with E-state index in [0.717, 1.165) is 6.42 Å². The molecule has 21 heavy (non-hydrogen) atoms. The molecule has 2 N–H and O–H groups in total. The molecule has 0 fully saturated rings. The summed E-state index contributed by atoms with van der Waals surface area (Å²) >= 11 is 0. The smallest absolute Gasteiger partial charge is 0.154 e. The predicted octanol–water partition coefficient (Wildman–Crippen LogP) is 2.78. The largest absolute Gasteiger partial charge is 0.496 e. The molecule has 1 aromatic carbocycles. The Labute approximate surface area is 123 Å². The second-order valence-corrected chi connectivity index (χ2v) is 4.54. The number of ether oxygens (including phenoxy) is 3. The minimum Gasteiger partial charge on any atom is -0.496 e. The van der Waals surface area contributed by atoms with Gasteiger partial charge in [0.25, 0.3) is 0 Å². The minimum absolute atomic E-state index is 0.179. The second kappa shape index (κ2) is 6.49. The van der Waals surface area contributed by atoms with Crippen molar-refractivity contribution in [1.29, 1.82) is 0 Å². The number of hydrogen-bond acceptors (Lipinski definition) is 6. The lowest BCUT2D eigenvalue weighted by atomic mass is 10.1. The molecule has 0 radical (unpaired) electrons. The van der Waals surface area contributed by atoms with Crippen molar-refractivity contribution >= 4 is 0 Å². The number of rotatable bonds is 6. The molecule has 0 aliphatic carbocycles. The molecule has 0 aliphatic heterocycles. The lowest BCUT2D eigenvalue weighted by molar-refractivity contribution is 0.358. The summed E-state index contributed by atoms with van der Waals surface area (Å²) in [5.41, 5.74) is 7.28. The molecule has 0 saturated heterocycles. The van der Waals surface area contributed by atoms with Crippen LogP contribution >= 0.6 is 0 Å². The fourth-order valence-electron chi connectivity index (χ4n) is 2.04. The highest BCUT2D eigenvalue weighted by molar-refractivity contribution is 5.75. The van der Waals surface area contributed by atoms with Gasteiger partial charge in [0, 0.05) is 18.2 Å². The van der Waals surface area contributed by atoms with Crippen LogP contribution in [0.15, 0.2) is 22.7 Å². The molecule has 114 valence electrons. The van der Waals surface area contributed by atoms with Crippen molar-refractivity contribution in [1.82, 2.24) is 5.16 Å². The average molecular weight is 292 g/mol. The van der Waals surface area contributed by atoms with Gasteiger partial charge in [-0.2, -0.15) is 0 Å². The van der Waals surface area contributed by atoms with Gasteiger partial charge in [-0.3, -0.25) is 0 Å². The number of methoxy groups -OCH3 is 3. The first-order valence-corrected chi connectivity index (χ1v) is 6.67. The summed E-state index contributed by atoms with van der Waals surface area (Å²) in [6.07, 6.45) is 0.769. The number of hydrogen-bond donors (Lipinski definition) is 1. The first-order chi connectivity index (χ1) is 10.1. The van der Waals surface area contributed by atoms with E-state index >= 15 is 0 Å². The topological polar surface area (TPSA) is 79.7 Å². The van der Waals surface area contributed by atoms with E-state index in [2.05, 4.69) is 5.16 Å². The molecule has 0 saturated carbocycles. The first kappa shape index (κ1) is 15.2. The molecular weight excluding hydrogens is 272 g/mol. The van der Waals surface area contributed by atoms with Crippen LogP contribution < -0.4 is 19.9 Å². The Morgan fingerprint density at radius 1 is 1.10 bits per heavy atom. The van der Waals surface area contributed by atoms with Gasteiger partial charge in [0.15, 0.2) is 5.76 Å². The molecule has 1 aromatic heterocycles. The van der Waals surface area contributed by atoms with Crippen molar-refractivity contribution in [3.63, 3.8) is 0 Å². The SMILES string of the molecule is CCC(N)c1cc(-c2c(OC)cc(OC)cc2OC)no1. The molecule has 0 spiro atoms. The van der Waals surface area contributed by atoms with E-state index < -0.39 is 0 Å². The Morgan fingerprint density at radius 2 is 1.71 bits per heavy atom. The zero-order valence-electron chi connectivity index (χ0n) is 12.7. The van der Waals surface area contributed by atoms with Crippen molar-refractivity contribution in [3.8, 4) is 28.5 Å². The van der Waals surface area contributed by atoms with Gasteiger partial charge in [0.05, 0.1) is 32.9 Å². The van der Waals surface area contributed by atoms with E-state index in [9.17, 15) is 0 Å². The molecule has 1 heterocycles. The maximum absolute atomic E-state index is 5.96. The summed E-state index contributed by atoms with van der Waals surface area (Å²) in [5, 5.41) is 4.07. The van der Waals surface area contributed by atoms with E-state index in [1.165, 1.54) is 0 Å². The van der Waals surface area contributed by atoms with Crippen molar-refractivity contribution in [2.45, 2.75) is 19.4 Å². The fourth-order valence-corrected chi connectivity index (χ4v) is 2.04. The highest BCUT2D eigenvalue weighted by Crippen LogP contribution is 2.41. The molecule has 1 unspecified atom stereocenters. The maximum atomic E-state index is 5.96. The molecule has 6 nitrogen and oxygen atoms in total. The lowest BCUT2D eigenvalue weighted by Gasteiger charge is -2.13. The Balaban J connectivity index is 2.53. The zero-order valence-corrected chi connectivity index (χ0v) is 12.7. The van der Waals surface area contributed by atoms with Gasteiger partial charge in [-0.15, -0.1) is 0 Å². The second-order valence-electron chi connectivity index (χ2n) is 4.54. The van der Waals surface area contributed by atoms with Gasteiger partial charge in [-0.1, -0.05) is 12.1 Å². The van der Waals surface area contributed by atoms with Crippen LogP contribution in [0.3, 0.4) is 0 Å². The molecule has 0 bridgehead atoms. The summed E-state index contributed by atoms with van der Waals surface area (Å²) in [4.78, 5) is 0. The van der Waals surface area contributed by atoms with Crippen LogP contribution in [0, 0.1) is 0 Å². The Kier molecular flexibility index (Phi) is 4.70. The van der Waals surface area contributed by atoms with Gasteiger partial charge < -0.3 is 24.5 Å². The number of benzene rings is 1. The van der Waals surface area contributed by atoms with Crippen LogP contribution in [0.4, 0.5) is 0 Å². The van der Waals surface area contributed by atoms with Crippen molar-refractivity contribution in [2.75, 3.05) is 21.3 Å². The third-order valence-corrected chi connectivity index (χ3v) is 3.30. The standard InChI is InChI=1S/C15H20N2O4/c1-5-10(16)12-8-11(17-21-12)15-13(19-3)6-9(18-2)7-14(15)20-4/h6-8,10H,5,16H2,1-4H3. The van der Waals surface area contributed by atoms with Crippen LogP contribution in [0.1, 0.15) is 25.1 Å². The van der Waals surface area contributed by atoms with E-state index in [1.807, 2.05) is 6.92 Å². The minimum atomic E-state index is -0.179. The third-order valence-electron chi connectivity index (χ3n) is 3.30. The molecule has 2 rings (SSSR count). The third kappa shape index (κ3) is 2.95. The molecule has 0 aliphatic rings. The molecule has 1 atom stereocenters. The fraction of sp³-hybridized carbons (Fsp3) is 0.400. The van der Waals surface area contributed by atoms with Gasteiger partial charge in [-0.05, 0) is 6.42 Å². The average Bonchev–Trinajstić information content (AvgIpc) is 3.01. The van der Waals surface area contributed by atoms with Crippen molar-refractivity contribution in [3.05, 3.63) is 24.0 Å². The number of nitrogens with two attached hydrogens (primary N) is 1.